The predicted molar refractivity (Wildman–Crippen MR) is 67.4 cm³/mol. The Morgan fingerprint density at radius 3 is 2.88 bits per heavy atom. The minimum Gasteiger partial charge on any atom is -0.384 e. The van der Waals surface area contributed by atoms with Gasteiger partial charge in [-0.3, -0.25) is 0 Å². The second-order valence-corrected chi connectivity index (χ2v) is 4.32. The monoisotopic (exact) mass is 220 g/mol. The maximum absolute atomic E-state index is 5.65. The van der Waals surface area contributed by atoms with Crippen LogP contribution in [0.25, 0.3) is 0 Å². The average molecular weight is 220 g/mol. The Morgan fingerprint density at radius 1 is 1.50 bits per heavy atom. The highest BCUT2D eigenvalue weighted by atomic mass is 15.1. The van der Waals surface area contributed by atoms with Crippen LogP contribution < -0.4 is 11.1 Å². The zero-order valence-electron chi connectivity index (χ0n) is 9.82. The molecule has 0 unspecified atom stereocenters. The van der Waals surface area contributed by atoms with Crippen LogP contribution in [0.5, 0.6) is 0 Å². The molecule has 16 heavy (non-hydrogen) atoms. The minimum absolute atomic E-state index is 0.574. The molecule has 4 nitrogen and oxygen atoms in total. The van der Waals surface area contributed by atoms with Gasteiger partial charge in [-0.2, -0.15) is 0 Å². The molecular weight excluding hydrogens is 200 g/mol. The topological polar surface area (TPSA) is 54.2 Å². The molecule has 3 N–H and O–H groups in total. The number of piperidine rings is 1. The zero-order valence-corrected chi connectivity index (χ0v) is 9.82. The summed E-state index contributed by atoms with van der Waals surface area (Å²) in [6, 6.07) is 4.44. The lowest BCUT2D eigenvalue weighted by Crippen LogP contribution is -2.38. The van der Waals surface area contributed by atoms with E-state index in [4.69, 9.17) is 5.73 Å². The van der Waals surface area contributed by atoms with E-state index in [2.05, 4.69) is 22.1 Å². The number of rotatable bonds is 3. The number of nitrogens with one attached hydrogen (secondary N) is 1. The van der Waals surface area contributed by atoms with Crippen LogP contribution in [-0.4, -0.2) is 35.6 Å². The Hall–Kier alpha value is -1.29. The standard InChI is InChI=1S/C12H20N4/c1-2-16-7-4-10(5-8-16)15-11-3-6-14-12(13)9-11/h3,6,9-10H,2,4-5,7-8H2,1H3,(H3,13,14,15). The molecule has 2 rings (SSSR count). The van der Waals surface area contributed by atoms with Crippen molar-refractivity contribution in [2.75, 3.05) is 30.7 Å². The Balaban J connectivity index is 1.87. The van der Waals surface area contributed by atoms with Crippen molar-refractivity contribution in [1.29, 1.82) is 0 Å². The first kappa shape index (κ1) is 11.2. The molecule has 2 heterocycles. The van der Waals surface area contributed by atoms with E-state index >= 15 is 0 Å². The molecule has 88 valence electrons. The van der Waals surface area contributed by atoms with E-state index in [1.165, 1.54) is 25.9 Å². The third kappa shape index (κ3) is 2.85. The van der Waals surface area contributed by atoms with Gasteiger partial charge in [0.15, 0.2) is 0 Å². The average Bonchev–Trinajstić information content (AvgIpc) is 2.30. The normalized spacial score (nSPS) is 18.6. The van der Waals surface area contributed by atoms with E-state index in [-0.39, 0.29) is 0 Å². The number of likely N-dealkylation sites (tertiary alicyclic amines) is 1. The number of hydrogen-bond donors (Lipinski definition) is 2. The number of hydrogen-bond acceptors (Lipinski definition) is 4. The van der Waals surface area contributed by atoms with Crippen LogP contribution >= 0.6 is 0 Å². The van der Waals surface area contributed by atoms with Crippen molar-refractivity contribution in [2.24, 2.45) is 0 Å². The van der Waals surface area contributed by atoms with Crippen molar-refractivity contribution in [3.05, 3.63) is 18.3 Å². The third-order valence-electron chi connectivity index (χ3n) is 3.19. The van der Waals surface area contributed by atoms with Gasteiger partial charge in [-0.25, -0.2) is 4.98 Å². The summed E-state index contributed by atoms with van der Waals surface area (Å²) in [6.45, 7) is 5.76. The summed E-state index contributed by atoms with van der Waals surface area (Å²) in [6.07, 6.45) is 4.16. The van der Waals surface area contributed by atoms with Crippen molar-refractivity contribution in [1.82, 2.24) is 9.88 Å². The van der Waals surface area contributed by atoms with Gasteiger partial charge in [0, 0.05) is 37.1 Å². The molecule has 1 aliphatic heterocycles. The number of nitrogens with zero attached hydrogens (tertiary/aromatic N) is 2. The van der Waals surface area contributed by atoms with Crippen LogP contribution in [0, 0.1) is 0 Å². The molecule has 0 aromatic carbocycles. The molecule has 0 bridgehead atoms. The molecule has 0 radical (unpaired) electrons. The Kier molecular flexibility index (Phi) is 3.62. The Bertz CT molecular complexity index is 332. The fourth-order valence-corrected chi connectivity index (χ4v) is 2.17. The molecule has 1 fully saturated rings. The van der Waals surface area contributed by atoms with E-state index in [0.29, 0.717) is 11.9 Å². The largest absolute Gasteiger partial charge is 0.384 e. The van der Waals surface area contributed by atoms with Gasteiger partial charge in [-0.1, -0.05) is 6.92 Å². The molecule has 0 spiro atoms. The highest BCUT2D eigenvalue weighted by Gasteiger charge is 2.17. The predicted octanol–water partition coefficient (Wildman–Crippen LogP) is 1.56. The van der Waals surface area contributed by atoms with Gasteiger partial charge in [0.2, 0.25) is 0 Å². The van der Waals surface area contributed by atoms with Crippen LogP contribution in [-0.2, 0) is 0 Å². The molecular formula is C12H20N4. The van der Waals surface area contributed by atoms with E-state index in [1.54, 1.807) is 6.20 Å². The van der Waals surface area contributed by atoms with Crippen molar-refractivity contribution in [3.63, 3.8) is 0 Å². The van der Waals surface area contributed by atoms with Crippen molar-refractivity contribution >= 4 is 11.5 Å². The molecule has 1 aliphatic rings. The first-order valence-corrected chi connectivity index (χ1v) is 5.98. The summed E-state index contributed by atoms with van der Waals surface area (Å²) < 4.78 is 0. The van der Waals surface area contributed by atoms with Crippen molar-refractivity contribution < 1.29 is 0 Å². The van der Waals surface area contributed by atoms with Gasteiger partial charge >= 0.3 is 0 Å². The summed E-state index contributed by atoms with van der Waals surface area (Å²) in [5.41, 5.74) is 6.73. The molecule has 1 aromatic heterocycles. The zero-order chi connectivity index (χ0) is 11.4. The van der Waals surface area contributed by atoms with Gasteiger partial charge in [-0.05, 0) is 25.5 Å². The Labute approximate surface area is 96.8 Å². The van der Waals surface area contributed by atoms with E-state index in [9.17, 15) is 0 Å². The Morgan fingerprint density at radius 2 is 2.25 bits per heavy atom. The van der Waals surface area contributed by atoms with E-state index in [1.807, 2.05) is 12.1 Å². The molecule has 0 saturated carbocycles. The number of nitrogens with two attached hydrogens (primary N) is 1. The first-order chi connectivity index (χ1) is 7.78. The summed E-state index contributed by atoms with van der Waals surface area (Å²) in [4.78, 5) is 6.47. The lowest BCUT2D eigenvalue weighted by atomic mass is 10.0. The maximum atomic E-state index is 5.65. The maximum Gasteiger partial charge on any atom is 0.125 e. The van der Waals surface area contributed by atoms with Crippen LogP contribution in [0.2, 0.25) is 0 Å². The van der Waals surface area contributed by atoms with Crippen molar-refractivity contribution in [3.8, 4) is 0 Å². The van der Waals surface area contributed by atoms with Gasteiger partial charge in [0.05, 0.1) is 0 Å². The van der Waals surface area contributed by atoms with Gasteiger partial charge in [-0.15, -0.1) is 0 Å². The lowest BCUT2D eigenvalue weighted by molar-refractivity contribution is 0.229. The summed E-state index contributed by atoms with van der Waals surface area (Å²) in [5, 5.41) is 3.52. The highest BCUT2D eigenvalue weighted by Crippen LogP contribution is 2.17. The van der Waals surface area contributed by atoms with Crippen LogP contribution in [0.4, 0.5) is 11.5 Å². The number of nitrogen functional groups attached to an aromatic ring is 1. The molecule has 0 aliphatic carbocycles. The smallest absolute Gasteiger partial charge is 0.125 e. The summed E-state index contributed by atoms with van der Waals surface area (Å²) in [7, 11) is 0. The van der Waals surface area contributed by atoms with Crippen molar-refractivity contribution in [2.45, 2.75) is 25.8 Å². The second-order valence-electron chi connectivity index (χ2n) is 4.32. The van der Waals surface area contributed by atoms with Gasteiger partial charge in [0.25, 0.3) is 0 Å². The summed E-state index contributed by atoms with van der Waals surface area (Å²) in [5.74, 6) is 0.580. The van der Waals surface area contributed by atoms with Crippen LogP contribution in [0.3, 0.4) is 0 Å². The number of aromatic nitrogens is 1. The molecule has 1 aromatic rings. The molecule has 4 heteroatoms. The fraction of sp³-hybridized carbons (Fsp3) is 0.583. The minimum atomic E-state index is 0.574. The van der Waals surface area contributed by atoms with E-state index in [0.717, 1.165) is 12.2 Å². The molecule has 0 amide bonds. The van der Waals surface area contributed by atoms with Gasteiger partial charge < -0.3 is 16.0 Å². The SMILES string of the molecule is CCN1CCC(Nc2ccnc(N)c2)CC1. The van der Waals surface area contributed by atoms with Crippen LogP contribution in [0.1, 0.15) is 19.8 Å². The third-order valence-corrected chi connectivity index (χ3v) is 3.19. The van der Waals surface area contributed by atoms with E-state index < -0.39 is 0 Å². The fourth-order valence-electron chi connectivity index (χ4n) is 2.17. The second kappa shape index (κ2) is 5.16. The van der Waals surface area contributed by atoms with Crippen LogP contribution in [0.15, 0.2) is 18.3 Å². The molecule has 0 atom stereocenters. The lowest BCUT2D eigenvalue weighted by Gasteiger charge is -2.32. The molecule has 1 saturated heterocycles. The van der Waals surface area contributed by atoms with Gasteiger partial charge in [0.1, 0.15) is 5.82 Å². The highest BCUT2D eigenvalue weighted by molar-refractivity contribution is 5.50. The quantitative estimate of drug-likeness (QED) is 0.811. The number of pyridine rings is 1. The first-order valence-electron chi connectivity index (χ1n) is 5.98. The number of anilines is 2. The summed E-state index contributed by atoms with van der Waals surface area (Å²) >= 11 is 0.